The SMILES string of the molecule is NC[C@@H]1Cc2ccccc2S1(=O)=O. The van der Waals surface area contributed by atoms with Crippen molar-refractivity contribution < 1.29 is 8.42 Å². The summed E-state index contributed by atoms with van der Waals surface area (Å²) in [4.78, 5) is 0.463. The van der Waals surface area contributed by atoms with Crippen LogP contribution in [0.25, 0.3) is 0 Å². The van der Waals surface area contributed by atoms with E-state index in [0.717, 1.165) is 5.56 Å². The van der Waals surface area contributed by atoms with Crippen molar-refractivity contribution in [3.05, 3.63) is 29.8 Å². The van der Waals surface area contributed by atoms with Crippen molar-refractivity contribution in [3.63, 3.8) is 0 Å². The van der Waals surface area contributed by atoms with Gasteiger partial charge in [0.1, 0.15) is 0 Å². The Morgan fingerprint density at radius 3 is 2.69 bits per heavy atom. The van der Waals surface area contributed by atoms with E-state index in [0.29, 0.717) is 11.3 Å². The highest BCUT2D eigenvalue weighted by molar-refractivity contribution is 7.92. The van der Waals surface area contributed by atoms with Gasteiger partial charge >= 0.3 is 0 Å². The van der Waals surface area contributed by atoms with E-state index in [2.05, 4.69) is 0 Å². The van der Waals surface area contributed by atoms with Crippen LogP contribution in [0.1, 0.15) is 5.56 Å². The minimum absolute atomic E-state index is 0.205. The van der Waals surface area contributed by atoms with E-state index in [1.165, 1.54) is 0 Å². The molecule has 1 aliphatic rings. The van der Waals surface area contributed by atoms with E-state index in [4.69, 9.17) is 5.73 Å². The number of rotatable bonds is 1. The fourth-order valence-electron chi connectivity index (χ4n) is 1.69. The summed E-state index contributed by atoms with van der Waals surface area (Å²) >= 11 is 0. The van der Waals surface area contributed by atoms with Gasteiger partial charge < -0.3 is 5.73 Å². The van der Waals surface area contributed by atoms with Gasteiger partial charge in [-0.15, -0.1) is 0 Å². The monoisotopic (exact) mass is 197 g/mol. The molecule has 1 heterocycles. The van der Waals surface area contributed by atoms with Crippen molar-refractivity contribution in [2.45, 2.75) is 16.6 Å². The summed E-state index contributed by atoms with van der Waals surface area (Å²) in [5.74, 6) is 0. The second-order valence-electron chi connectivity index (χ2n) is 3.21. The molecule has 0 aliphatic carbocycles. The highest BCUT2D eigenvalue weighted by atomic mass is 32.2. The molecule has 70 valence electrons. The molecule has 0 amide bonds. The van der Waals surface area contributed by atoms with Gasteiger partial charge in [0, 0.05) is 6.54 Å². The van der Waals surface area contributed by atoms with Gasteiger partial charge in [0.2, 0.25) is 0 Å². The number of hydrogen-bond donors (Lipinski definition) is 1. The highest BCUT2D eigenvalue weighted by Gasteiger charge is 2.35. The van der Waals surface area contributed by atoms with Crippen LogP contribution in [0.2, 0.25) is 0 Å². The standard InChI is InChI=1S/C9H11NO2S/c10-6-8-5-7-3-1-2-4-9(7)13(8,11)12/h1-4,8H,5-6,10H2/t8-/m0/s1. The van der Waals surface area contributed by atoms with Gasteiger partial charge in [0.25, 0.3) is 0 Å². The average molecular weight is 197 g/mol. The molecule has 0 aromatic heterocycles. The summed E-state index contributed by atoms with van der Waals surface area (Å²) in [6.07, 6.45) is 0.564. The molecular formula is C9H11NO2S. The van der Waals surface area contributed by atoms with Gasteiger partial charge in [-0.25, -0.2) is 8.42 Å². The van der Waals surface area contributed by atoms with Gasteiger partial charge in [-0.05, 0) is 18.1 Å². The van der Waals surface area contributed by atoms with Gasteiger partial charge in [0.05, 0.1) is 10.1 Å². The molecule has 0 saturated heterocycles. The first-order chi connectivity index (χ1) is 6.16. The molecular weight excluding hydrogens is 186 g/mol. The van der Waals surface area contributed by atoms with Crippen molar-refractivity contribution in [1.29, 1.82) is 0 Å². The van der Waals surface area contributed by atoms with Crippen LogP contribution in [0.5, 0.6) is 0 Å². The minimum Gasteiger partial charge on any atom is -0.329 e. The quantitative estimate of drug-likeness (QED) is 0.706. The normalized spacial score (nSPS) is 24.2. The first kappa shape index (κ1) is 8.72. The molecule has 0 saturated carbocycles. The third kappa shape index (κ3) is 1.17. The zero-order chi connectivity index (χ0) is 9.47. The van der Waals surface area contributed by atoms with E-state index in [1.54, 1.807) is 12.1 Å². The number of benzene rings is 1. The third-order valence-corrected chi connectivity index (χ3v) is 4.68. The van der Waals surface area contributed by atoms with E-state index in [-0.39, 0.29) is 6.54 Å². The summed E-state index contributed by atoms with van der Waals surface area (Å²) in [7, 11) is -3.12. The molecule has 0 spiro atoms. The van der Waals surface area contributed by atoms with Crippen LogP contribution >= 0.6 is 0 Å². The Kier molecular flexibility index (Phi) is 1.89. The molecule has 1 atom stereocenters. The lowest BCUT2D eigenvalue weighted by Gasteiger charge is -2.03. The van der Waals surface area contributed by atoms with Gasteiger partial charge in [-0.2, -0.15) is 0 Å². The van der Waals surface area contributed by atoms with Crippen LogP contribution in [0.3, 0.4) is 0 Å². The predicted molar refractivity (Wildman–Crippen MR) is 50.2 cm³/mol. The number of nitrogens with two attached hydrogens (primary N) is 1. The summed E-state index contributed by atoms with van der Waals surface area (Å²) in [6.45, 7) is 0.205. The van der Waals surface area contributed by atoms with E-state index in [9.17, 15) is 8.42 Å². The summed E-state index contributed by atoms with van der Waals surface area (Å²) in [5, 5.41) is -0.412. The van der Waals surface area contributed by atoms with E-state index < -0.39 is 15.1 Å². The average Bonchev–Trinajstić information content (AvgIpc) is 2.39. The zero-order valence-electron chi connectivity index (χ0n) is 7.10. The number of fused-ring (bicyclic) bond motifs is 1. The Labute approximate surface area is 77.5 Å². The van der Waals surface area contributed by atoms with E-state index in [1.807, 2.05) is 12.1 Å². The van der Waals surface area contributed by atoms with Crippen molar-refractivity contribution in [1.82, 2.24) is 0 Å². The molecule has 13 heavy (non-hydrogen) atoms. The second kappa shape index (κ2) is 2.82. The van der Waals surface area contributed by atoms with Crippen LogP contribution < -0.4 is 5.73 Å². The minimum atomic E-state index is -3.12. The van der Waals surface area contributed by atoms with Crippen LogP contribution in [0, 0.1) is 0 Å². The molecule has 0 unspecified atom stereocenters. The second-order valence-corrected chi connectivity index (χ2v) is 5.41. The Bertz CT molecular complexity index is 425. The third-order valence-electron chi connectivity index (χ3n) is 2.43. The topological polar surface area (TPSA) is 60.2 Å². The van der Waals surface area contributed by atoms with Crippen LogP contribution in [-0.2, 0) is 16.3 Å². The fraction of sp³-hybridized carbons (Fsp3) is 0.333. The summed E-state index contributed by atoms with van der Waals surface area (Å²) in [5.41, 5.74) is 6.31. The van der Waals surface area contributed by atoms with Crippen molar-refractivity contribution in [2.75, 3.05) is 6.54 Å². The van der Waals surface area contributed by atoms with Crippen LogP contribution in [0.15, 0.2) is 29.2 Å². The lowest BCUT2D eigenvalue weighted by Crippen LogP contribution is -2.26. The maximum absolute atomic E-state index is 11.7. The Balaban J connectivity index is 2.60. The smallest absolute Gasteiger partial charge is 0.183 e. The molecule has 0 bridgehead atoms. The fourth-order valence-corrected chi connectivity index (χ4v) is 3.49. The first-order valence-electron chi connectivity index (χ1n) is 4.18. The largest absolute Gasteiger partial charge is 0.329 e. The van der Waals surface area contributed by atoms with Gasteiger partial charge in [-0.3, -0.25) is 0 Å². The molecule has 3 nitrogen and oxygen atoms in total. The van der Waals surface area contributed by atoms with Crippen LogP contribution in [0.4, 0.5) is 0 Å². The lowest BCUT2D eigenvalue weighted by atomic mass is 10.1. The van der Waals surface area contributed by atoms with Gasteiger partial charge in [0.15, 0.2) is 9.84 Å². The van der Waals surface area contributed by atoms with Crippen molar-refractivity contribution in [2.24, 2.45) is 5.73 Å². The van der Waals surface area contributed by atoms with Crippen molar-refractivity contribution in [3.8, 4) is 0 Å². The summed E-state index contributed by atoms with van der Waals surface area (Å²) in [6, 6.07) is 7.10. The Morgan fingerprint density at radius 2 is 2.08 bits per heavy atom. The molecule has 1 aliphatic heterocycles. The first-order valence-corrected chi connectivity index (χ1v) is 5.73. The molecule has 1 aromatic rings. The maximum Gasteiger partial charge on any atom is 0.183 e. The lowest BCUT2D eigenvalue weighted by molar-refractivity contribution is 0.587. The molecule has 4 heteroatoms. The molecule has 0 radical (unpaired) electrons. The molecule has 2 N–H and O–H groups in total. The van der Waals surface area contributed by atoms with E-state index >= 15 is 0 Å². The van der Waals surface area contributed by atoms with Gasteiger partial charge in [-0.1, -0.05) is 18.2 Å². The Hall–Kier alpha value is -0.870. The zero-order valence-corrected chi connectivity index (χ0v) is 7.92. The Morgan fingerprint density at radius 1 is 1.38 bits per heavy atom. The van der Waals surface area contributed by atoms with Crippen LogP contribution in [-0.4, -0.2) is 20.2 Å². The summed E-state index contributed by atoms with van der Waals surface area (Å²) < 4.78 is 23.5. The number of sulfone groups is 1. The predicted octanol–water partition coefficient (Wildman–Crippen LogP) is 0.344. The molecule has 0 fully saturated rings. The number of hydrogen-bond acceptors (Lipinski definition) is 3. The molecule has 1 aromatic carbocycles. The maximum atomic E-state index is 11.7. The highest BCUT2D eigenvalue weighted by Crippen LogP contribution is 2.29. The molecule has 2 rings (SSSR count). The van der Waals surface area contributed by atoms with Crippen molar-refractivity contribution >= 4 is 9.84 Å².